The molecule has 0 heterocycles. The second kappa shape index (κ2) is 27.9. The third-order valence-electron chi connectivity index (χ3n) is 6.98. The number of hydrogen-bond acceptors (Lipinski definition) is 4. The van der Waals surface area contributed by atoms with Crippen molar-refractivity contribution in [2.24, 2.45) is 0 Å². The quantitative estimate of drug-likeness (QED) is 0.0661. The van der Waals surface area contributed by atoms with Gasteiger partial charge in [-0.1, -0.05) is 122 Å². The topological polar surface area (TPSA) is 89.8 Å². The molecule has 0 fully saturated rings. The third kappa shape index (κ3) is 24.9. The van der Waals surface area contributed by atoms with E-state index in [0.29, 0.717) is 6.42 Å². The second-order valence-corrected chi connectivity index (χ2v) is 10.7. The van der Waals surface area contributed by atoms with Gasteiger partial charge >= 0.3 is 0 Å². The van der Waals surface area contributed by atoms with Gasteiger partial charge in [0.2, 0.25) is 5.91 Å². The van der Waals surface area contributed by atoms with Crippen molar-refractivity contribution < 1.29 is 20.1 Å². The van der Waals surface area contributed by atoms with Crippen molar-refractivity contribution in [2.45, 2.75) is 167 Å². The van der Waals surface area contributed by atoms with Gasteiger partial charge in [0.05, 0.1) is 31.3 Å². The number of hydrogen-bond donors (Lipinski definition) is 4. The molecule has 0 rings (SSSR count). The Morgan fingerprint density at radius 1 is 0.676 bits per heavy atom. The van der Waals surface area contributed by atoms with Crippen LogP contribution in [0.1, 0.15) is 149 Å². The minimum Gasteiger partial charge on any atom is -0.394 e. The number of carbonyl (C=O) groups excluding carboxylic acids is 1. The van der Waals surface area contributed by atoms with Gasteiger partial charge in [0, 0.05) is 0 Å². The van der Waals surface area contributed by atoms with Crippen LogP contribution in [-0.2, 0) is 4.79 Å². The average molecular weight is 524 g/mol. The zero-order chi connectivity index (χ0) is 27.4. The van der Waals surface area contributed by atoms with Crippen molar-refractivity contribution in [3.63, 3.8) is 0 Å². The van der Waals surface area contributed by atoms with Gasteiger partial charge in [0.15, 0.2) is 0 Å². The highest BCUT2D eigenvalue weighted by Gasteiger charge is 2.19. The zero-order valence-electron chi connectivity index (χ0n) is 24.3. The van der Waals surface area contributed by atoms with Crippen LogP contribution in [0.15, 0.2) is 24.3 Å². The number of amides is 1. The van der Waals surface area contributed by atoms with E-state index in [0.717, 1.165) is 32.1 Å². The number of unbranched alkanes of at least 4 members (excludes halogenated alkanes) is 16. The lowest BCUT2D eigenvalue weighted by Crippen LogP contribution is -2.45. The van der Waals surface area contributed by atoms with Crippen molar-refractivity contribution >= 4 is 5.91 Å². The second-order valence-electron chi connectivity index (χ2n) is 10.7. The monoisotopic (exact) mass is 523 g/mol. The van der Waals surface area contributed by atoms with Gasteiger partial charge in [0.25, 0.3) is 0 Å². The van der Waals surface area contributed by atoms with Gasteiger partial charge in [0.1, 0.15) is 0 Å². The summed E-state index contributed by atoms with van der Waals surface area (Å²) in [4.78, 5) is 12.3. The molecule has 5 heteroatoms. The maximum atomic E-state index is 12.3. The predicted molar refractivity (Wildman–Crippen MR) is 158 cm³/mol. The summed E-state index contributed by atoms with van der Waals surface area (Å²) in [5, 5.41) is 32.8. The number of allylic oxidation sites excluding steroid dienone is 3. The summed E-state index contributed by atoms with van der Waals surface area (Å²) in [7, 11) is 0. The number of rotatable bonds is 27. The summed E-state index contributed by atoms with van der Waals surface area (Å²) in [5.41, 5.74) is 0. The zero-order valence-corrected chi connectivity index (χ0v) is 24.3. The first kappa shape index (κ1) is 35.8. The Labute approximate surface area is 229 Å². The number of aliphatic hydroxyl groups is 3. The van der Waals surface area contributed by atoms with Crippen molar-refractivity contribution in [2.75, 3.05) is 6.61 Å². The maximum Gasteiger partial charge on any atom is 0.222 e. The highest BCUT2D eigenvalue weighted by atomic mass is 16.3. The number of aliphatic hydroxyl groups excluding tert-OH is 3. The molecule has 0 aliphatic heterocycles. The normalized spacial score (nSPS) is 14.4. The van der Waals surface area contributed by atoms with E-state index in [9.17, 15) is 20.1 Å². The first-order valence-electron chi connectivity index (χ1n) is 15.6. The Bertz CT molecular complexity index is 549. The molecule has 0 spiro atoms. The molecule has 0 aromatic rings. The van der Waals surface area contributed by atoms with Gasteiger partial charge in [-0.05, 0) is 44.9 Å². The van der Waals surface area contributed by atoms with Crippen molar-refractivity contribution in [1.29, 1.82) is 0 Å². The SMILES string of the molecule is CCCCCCCC/C=C\CCCC(O)CC(=O)NC(CO)C(O)/C=C/CCCCCCCCCCC. The lowest BCUT2D eigenvalue weighted by molar-refractivity contribution is -0.124. The first-order chi connectivity index (χ1) is 18.0. The highest BCUT2D eigenvalue weighted by Crippen LogP contribution is 2.12. The molecule has 0 aliphatic carbocycles. The Balaban J connectivity index is 3.87. The summed E-state index contributed by atoms with van der Waals surface area (Å²) < 4.78 is 0. The minimum absolute atomic E-state index is 0.00709. The number of carbonyl (C=O) groups is 1. The van der Waals surface area contributed by atoms with Crippen LogP contribution in [0, 0.1) is 0 Å². The molecule has 0 aromatic heterocycles. The summed E-state index contributed by atoms with van der Waals surface area (Å²) in [6, 6.07) is -0.746. The van der Waals surface area contributed by atoms with Crippen LogP contribution >= 0.6 is 0 Å². The Kier molecular flexibility index (Phi) is 27.0. The van der Waals surface area contributed by atoms with E-state index < -0.39 is 18.2 Å². The highest BCUT2D eigenvalue weighted by molar-refractivity contribution is 5.76. The standard InChI is InChI=1S/C32H61NO4/c1-3-5-7-9-11-13-15-17-19-21-23-25-29(35)27-32(37)33-30(28-34)31(36)26-24-22-20-18-16-14-12-10-8-6-4-2/h17,19,24,26,29-31,34-36H,3-16,18,20-23,25,27-28H2,1-2H3,(H,33,37)/b19-17-,26-24+. The molecular weight excluding hydrogens is 462 g/mol. The summed E-state index contributed by atoms with van der Waals surface area (Å²) in [5.74, 6) is -0.337. The van der Waals surface area contributed by atoms with E-state index in [1.807, 2.05) is 6.08 Å². The summed E-state index contributed by atoms with van der Waals surface area (Å²) in [6.07, 6.45) is 30.1. The van der Waals surface area contributed by atoms with E-state index in [4.69, 9.17) is 0 Å². The lowest BCUT2D eigenvalue weighted by Gasteiger charge is -2.20. The Morgan fingerprint density at radius 2 is 1.14 bits per heavy atom. The fourth-order valence-electron chi connectivity index (χ4n) is 4.51. The molecule has 37 heavy (non-hydrogen) atoms. The molecule has 218 valence electrons. The molecule has 3 unspecified atom stereocenters. The fourth-order valence-corrected chi connectivity index (χ4v) is 4.51. The maximum absolute atomic E-state index is 12.3. The van der Waals surface area contributed by atoms with Crippen molar-refractivity contribution in [3.8, 4) is 0 Å². The van der Waals surface area contributed by atoms with E-state index in [-0.39, 0.29) is 18.9 Å². The van der Waals surface area contributed by atoms with Crippen LogP contribution < -0.4 is 5.32 Å². The average Bonchev–Trinajstić information content (AvgIpc) is 2.88. The Morgan fingerprint density at radius 3 is 1.65 bits per heavy atom. The van der Waals surface area contributed by atoms with Crippen molar-refractivity contribution in [3.05, 3.63) is 24.3 Å². The largest absolute Gasteiger partial charge is 0.394 e. The van der Waals surface area contributed by atoms with E-state index in [1.165, 1.54) is 89.9 Å². The van der Waals surface area contributed by atoms with E-state index in [1.54, 1.807) is 6.08 Å². The Hall–Kier alpha value is -1.17. The van der Waals surface area contributed by atoms with Gasteiger partial charge in [-0.3, -0.25) is 4.79 Å². The van der Waals surface area contributed by atoms with E-state index in [2.05, 4.69) is 31.3 Å². The molecule has 0 radical (unpaired) electrons. The molecule has 0 bridgehead atoms. The summed E-state index contributed by atoms with van der Waals surface area (Å²) >= 11 is 0. The molecule has 0 aliphatic rings. The molecule has 0 saturated heterocycles. The van der Waals surface area contributed by atoms with Crippen LogP contribution in [0.5, 0.6) is 0 Å². The molecule has 0 saturated carbocycles. The van der Waals surface area contributed by atoms with Gasteiger partial charge in [-0.15, -0.1) is 0 Å². The van der Waals surface area contributed by atoms with E-state index >= 15 is 0 Å². The smallest absolute Gasteiger partial charge is 0.222 e. The lowest BCUT2D eigenvalue weighted by atomic mass is 10.1. The third-order valence-corrected chi connectivity index (χ3v) is 6.98. The fraction of sp³-hybridized carbons (Fsp3) is 0.844. The van der Waals surface area contributed by atoms with Gasteiger partial charge in [-0.25, -0.2) is 0 Å². The molecule has 5 nitrogen and oxygen atoms in total. The van der Waals surface area contributed by atoms with Crippen LogP contribution in [0.4, 0.5) is 0 Å². The molecular formula is C32H61NO4. The van der Waals surface area contributed by atoms with Crippen LogP contribution in [0.25, 0.3) is 0 Å². The van der Waals surface area contributed by atoms with Crippen molar-refractivity contribution in [1.82, 2.24) is 5.32 Å². The van der Waals surface area contributed by atoms with Crippen LogP contribution in [-0.4, -0.2) is 46.1 Å². The minimum atomic E-state index is -0.929. The molecule has 4 N–H and O–H groups in total. The number of nitrogens with one attached hydrogen (secondary N) is 1. The molecule has 3 atom stereocenters. The van der Waals surface area contributed by atoms with Crippen LogP contribution in [0.3, 0.4) is 0 Å². The molecule has 1 amide bonds. The van der Waals surface area contributed by atoms with Gasteiger partial charge < -0.3 is 20.6 Å². The summed E-state index contributed by atoms with van der Waals surface area (Å²) in [6.45, 7) is 4.14. The predicted octanol–water partition coefficient (Wildman–Crippen LogP) is 7.53. The van der Waals surface area contributed by atoms with Gasteiger partial charge in [-0.2, -0.15) is 0 Å². The van der Waals surface area contributed by atoms with Crippen LogP contribution in [0.2, 0.25) is 0 Å². The molecule has 0 aromatic carbocycles. The first-order valence-corrected chi connectivity index (χ1v) is 15.6.